The Kier molecular flexibility index (Phi) is 8.13. The van der Waals surface area contributed by atoms with Gasteiger partial charge < -0.3 is 15.4 Å². The molecule has 1 aromatic heterocycles. The number of H-pyrrole nitrogens is 1. The first-order valence-corrected chi connectivity index (χ1v) is 8.55. The lowest BCUT2D eigenvalue weighted by Gasteiger charge is -2.25. The first-order valence-electron chi connectivity index (χ1n) is 8.55. The van der Waals surface area contributed by atoms with E-state index >= 15 is 0 Å². The minimum absolute atomic E-state index is 0.00399. The summed E-state index contributed by atoms with van der Waals surface area (Å²) < 4.78 is 6.75. The Morgan fingerprint density at radius 2 is 2.12 bits per heavy atom. The zero-order valence-electron chi connectivity index (χ0n) is 15.2. The van der Waals surface area contributed by atoms with E-state index in [4.69, 9.17) is 10.5 Å². The van der Waals surface area contributed by atoms with Crippen LogP contribution in [0.2, 0.25) is 0 Å². The summed E-state index contributed by atoms with van der Waals surface area (Å²) in [5.41, 5.74) is 4.80. The minimum atomic E-state index is -0.741. The highest BCUT2D eigenvalue weighted by molar-refractivity contribution is 5.98. The highest BCUT2D eigenvalue weighted by Crippen LogP contribution is 2.18. The molecule has 0 aliphatic rings. The van der Waals surface area contributed by atoms with Crippen molar-refractivity contribution in [3.8, 4) is 0 Å². The number of nitrogens with one attached hydrogen (secondary N) is 1. The van der Waals surface area contributed by atoms with Gasteiger partial charge in [-0.25, -0.2) is 4.79 Å². The first-order chi connectivity index (χ1) is 11.9. The molecule has 0 bridgehead atoms. The number of hydrogen-bond acceptors (Lipinski definition) is 5. The fraction of sp³-hybridized carbons (Fsp3) is 0.588. The molecule has 0 aromatic carbocycles. The lowest BCUT2D eigenvalue weighted by Crippen LogP contribution is -2.45. The number of unbranched alkanes of at least 4 members (excludes halogenated alkanes) is 1. The number of nitrogen functional groups attached to an aromatic ring is 1. The first kappa shape index (κ1) is 20.7. The van der Waals surface area contributed by atoms with Crippen molar-refractivity contribution >= 4 is 17.4 Å². The molecule has 0 aliphatic heterocycles. The molecule has 0 saturated heterocycles. The molecule has 0 spiro atoms. The average molecular weight is 352 g/mol. The van der Waals surface area contributed by atoms with Gasteiger partial charge in [-0.2, -0.15) is 0 Å². The van der Waals surface area contributed by atoms with Crippen LogP contribution in [-0.2, 0) is 16.1 Å². The number of anilines is 2. The number of amides is 1. The third-order valence-electron chi connectivity index (χ3n) is 3.84. The van der Waals surface area contributed by atoms with Crippen LogP contribution in [0.1, 0.15) is 40.0 Å². The number of rotatable bonds is 10. The monoisotopic (exact) mass is 352 g/mol. The second-order valence-electron chi connectivity index (χ2n) is 5.67. The zero-order valence-corrected chi connectivity index (χ0v) is 15.2. The molecule has 25 heavy (non-hydrogen) atoms. The van der Waals surface area contributed by atoms with E-state index in [1.807, 2.05) is 6.92 Å². The number of carbonyl (C=O) groups excluding carboxylic acids is 1. The summed E-state index contributed by atoms with van der Waals surface area (Å²) in [7, 11) is 0. The standard InChI is InChI=1S/C17H28N4O4/c1-5-8-10-21-14(18)13(15(22)19-17(21)24)20(7-3)16(23)12(4)25-11-9-6-2/h6,12H,2,5,7-11,18H2,1,3-4H3,(H,19,22,24). The van der Waals surface area contributed by atoms with E-state index in [9.17, 15) is 14.4 Å². The molecular weight excluding hydrogens is 324 g/mol. The van der Waals surface area contributed by atoms with Gasteiger partial charge in [0.1, 0.15) is 11.9 Å². The number of ether oxygens (including phenoxy) is 1. The molecule has 1 rings (SSSR count). The van der Waals surface area contributed by atoms with Gasteiger partial charge in [-0.15, -0.1) is 6.58 Å². The van der Waals surface area contributed by atoms with Crippen LogP contribution in [0, 0.1) is 0 Å². The van der Waals surface area contributed by atoms with Crippen LogP contribution in [0.5, 0.6) is 0 Å². The van der Waals surface area contributed by atoms with Crippen molar-refractivity contribution in [2.75, 3.05) is 23.8 Å². The molecule has 0 fully saturated rings. The summed E-state index contributed by atoms with van der Waals surface area (Å²) in [5.74, 6) is -0.389. The third kappa shape index (κ3) is 5.06. The molecule has 0 aliphatic carbocycles. The Bertz CT molecular complexity index is 708. The predicted molar refractivity (Wildman–Crippen MR) is 98.9 cm³/mol. The molecule has 1 atom stereocenters. The maximum absolute atomic E-state index is 12.7. The van der Waals surface area contributed by atoms with Crippen LogP contribution < -0.4 is 21.9 Å². The Balaban J connectivity index is 3.21. The van der Waals surface area contributed by atoms with Crippen molar-refractivity contribution in [2.24, 2.45) is 0 Å². The van der Waals surface area contributed by atoms with E-state index in [-0.39, 0.29) is 24.0 Å². The summed E-state index contributed by atoms with van der Waals surface area (Å²) in [5, 5.41) is 0. The van der Waals surface area contributed by atoms with E-state index in [1.54, 1.807) is 19.9 Å². The quantitative estimate of drug-likeness (QED) is 0.486. The number of nitrogens with zero attached hydrogens (tertiary/aromatic N) is 2. The molecule has 1 amide bonds. The van der Waals surface area contributed by atoms with Crippen molar-refractivity contribution < 1.29 is 9.53 Å². The van der Waals surface area contributed by atoms with Gasteiger partial charge in [-0.3, -0.25) is 19.1 Å². The molecule has 0 radical (unpaired) electrons. The van der Waals surface area contributed by atoms with Crippen molar-refractivity contribution in [1.29, 1.82) is 0 Å². The van der Waals surface area contributed by atoms with Gasteiger partial charge in [0.25, 0.3) is 11.5 Å². The van der Waals surface area contributed by atoms with Crippen molar-refractivity contribution in [2.45, 2.75) is 52.7 Å². The molecule has 1 aromatic rings. The van der Waals surface area contributed by atoms with Crippen molar-refractivity contribution in [3.05, 3.63) is 33.5 Å². The Morgan fingerprint density at radius 3 is 2.68 bits per heavy atom. The number of nitrogens with two attached hydrogens (primary N) is 1. The lowest BCUT2D eigenvalue weighted by molar-refractivity contribution is -0.128. The summed E-state index contributed by atoms with van der Waals surface area (Å²) in [6, 6.07) is 0. The number of carbonyl (C=O) groups is 1. The van der Waals surface area contributed by atoms with Gasteiger partial charge >= 0.3 is 5.69 Å². The number of hydrogen-bond donors (Lipinski definition) is 2. The van der Waals surface area contributed by atoms with Crippen molar-refractivity contribution in [1.82, 2.24) is 9.55 Å². The topological polar surface area (TPSA) is 110 Å². The molecule has 140 valence electrons. The van der Waals surface area contributed by atoms with Crippen LogP contribution in [0.15, 0.2) is 22.2 Å². The number of likely N-dealkylation sites (N-methyl/N-ethyl adjacent to an activating group) is 1. The second-order valence-corrected chi connectivity index (χ2v) is 5.67. The van der Waals surface area contributed by atoms with Gasteiger partial charge in [0.2, 0.25) is 0 Å². The van der Waals surface area contributed by atoms with E-state index in [2.05, 4.69) is 11.6 Å². The summed E-state index contributed by atoms with van der Waals surface area (Å²) in [6.07, 6.45) is 3.17. The minimum Gasteiger partial charge on any atom is -0.383 e. The smallest absolute Gasteiger partial charge is 0.330 e. The van der Waals surface area contributed by atoms with Crippen molar-refractivity contribution in [3.63, 3.8) is 0 Å². The SMILES string of the molecule is C=CCCOC(C)C(=O)N(CC)c1c(N)n(CCCC)c(=O)[nH]c1=O. The maximum atomic E-state index is 12.7. The van der Waals surface area contributed by atoms with E-state index in [0.717, 1.165) is 12.8 Å². The molecule has 8 heteroatoms. The summed E-state index contributed by atoms with van der Waals surface area (Å²) in [4.78, 5) is 40.4. The third-order valence-corrected chi connectivity index (χ3v) is 3.84. The van der Waals surface area contributed by atoms with Gasteiger partial charge in [-0.05, 0) is 26.7 Å². The zero-order chi connectivity index (χ0) is 19.0. The van der Waals surface area contributed by atoms with Gasteiger partial charge in [0.15, 0.2) is 5.69 Å². The van der Waals surface area contributed by atoms with Crippen LogP contribution in [0.3, 0.4) is 0 Å². The fourth-order valence-corrected chi connectivity index (χ4v) is 2.42. The van der Waals surface area contributed by atoms with Gasteiger partial charge in [-0.1, -0.05) is 19.4 Å². The van der Waals surface area contributed by atoms with Gasteiger partial charge in [0.05, 0.1) is 6.61 Å². The second kappa shape index (κ2) is 9.83. The molecule has 8 nitrogen and oxygen atoms in total. The number of aromatic amines is 1. The molecule has 1 heterocycles. The highest BCUT2D eigenvalue weighted by Gasteiger charge is 2.26. The molecule has 3 N–H and O–H groups in total. The van der Waals surface area contributed by atoms with E-state index in [0.29, 0.717) is 19.6 Å². The van der Waals surface area contributed by atoms with Crippen LogP contribution in [-0.4, -0.2) is 34.7 Å². The highest BCUT2D eigenvalue weighted by atomic mass is 16.5. The van der Waals surface area contributed by atoms with Crippen LogP contribution in [0.25, 0.3) is 0 Å². The molecule has 0 saturated carbocycles. The normalized spacial score (nSPS) is 12.0. The Hall–Kier alpha value is -2.35. The summed E-state index contributed by atoms with van der Waals surface area (Å²) in [6.45, 7) is 9.89. The predicted octanol–water partition coefficient (Wildman–Crippen LogP) is 1.25. The van der Waals surface area contributed by atoms with Crippen LogP contribution >= 0.6 is 0 Å². The molecule has 1 unspecified atom stereocenters. The summed E-state index contributed by atoms with van der Waals surface area (Å²) >= 11 is 0. The van der Waals surface area contributed by atoms with Crippen LogP contribution in [0.4, 0.5) is 11.5 Å². The largest absolute Gasteiger partial charge is 0.383 e. The van der Waals surface area contributed by atoms with E-state index < -0.39 is 17.4 Å². The average Bonchev–Trinajstić information content (AvgIpc) is 2.57. The van der Waals surface area contributed by atoms with Gasteiger partial charge in [0, 0.05) is 13.1 Å². The number of aromatic nitrogens is 2. The fourth-order valence-electron chi connectivity index (χ4n) is 2.42. The maximum Gasteiger partial charge on any atom is 0.330 e. The Labute approximate surface area is 147 Å². The lowest BCUT2D eigenvalue weighted by atomic mass is 10.2. The molecular formula is C17H28N4O4. The Morgan fingerprint density at radius 1 is 1.44 bits per heavy atom. The van der Waals surface area contributed by atoms with E-state index in [1.165, 1.54) is 9.47 Å².